The van der Waals surface area contributed by atoms with Crippen LogP contribution in [0.4, 0.5) is 5.69 Å². The molecule has 5 rings (SSSR count). The minimum Gasteiger partial charge on any atom is -0.489 e. The molecule has 172 valence electrons. The smallest absolute Gasteiger partial charge is 0.307 e. The van der Waals surface area contributed by atoms with E-state index in [1.807, 2.05) is 42.5 Å². The molecule has 1 aromatic heterocycles. The van der Waals surface area contributed by atoms with Gasteiger partial charge in [0.25, 0.3) is 5.69 Å². The number of non-ortho nitro benzene ring substituents is 1. The van der Waals surface area contributed by atoms with Gasteiger partial charge in [-0.2, -0.15) is 5.10 Å². The van der Waals surface area contributed by atoms with Gasteiger partial charge in [-0.25, -0.2) is 5.43 Å². The molecule has 0 unspecified atom stereocenters. The van der Waals surface area contributed by atoms with Crippen molar-refractivity contribution in [2.24, 2.45) is 5.10 Å². The number of hydrogen-bond donors (Lipinski definition) is 1. The monoisotopic (exact) mass is 465 g/mol. The van der Waals surface area contributed by atoms with Gasteiger partial charge in [0.2, 0.25) is 0 Å². The lowest BCUT2D eigenvalue weighted by Gasteiger charge is -2.07. The molecule has 1 N–H and O–H groups in total. The number of hydrogen-bond acceptors (Lipinski definition) is 6. The molecule has 8 nitrogen and oxygen atoms in total. The molecule has 0 fully saturated rings. The Bertz CT molecular complexity index is 1570. The van der Waals surface area contributed by atoms with Gasteiger partial charge in [-0.05, 0) is 58.3 Å². The van der Waals surface area contributed by atoms with Crippen LogP contribution < -0.4 is 10.2 Å². The topological polar surface area (TPSA) is 107 Å². The molecule has 35 heavy (non-hydrogen) atoms. The van der Waals surface area contributed by atoms with E-state index >= 15 is 0 Å². The van der Waals surface area contributed by atoms with Crippen LogP contribution in [0.1, 0.15) is 21.7 Å². The Hall–Kier alpha value is -4.98. The van der Waals surface area contributed by atoms with Crippen molar-refractivity contribution < 1.29 is 18.9 Å². The zero-order valence-corrected chi connectivity index (χ0v) is 18.4. The first-order valence-corrected chi connectivity index (χ1v) is 10.8. The van der Waals surface area contributed by atoms with Crippen molar-refractivity contribution in [3.05, 3.63) is 118 Å². The highest BCUT2D eigenvalue weighted by Crippen LogP contribution is 2.28. The molecular formula is C27H19N3O5. The number of carbonyl (C=O) groups excluding carboxylic acids is 1. The number of carbonyl (C=O) groups is 1. The summed E-state index contributed by atoms with van der Waals surface area (Å²) in [6.45, 7) is 0.260. The van der Waals surface area contributed by atoms with Crippen molar-refractivity contribution in [2.75, 3.05) is 0 Å². The van der Waals surface area contributed by atoms with Gasteiger partial charge in [0.05, 0.1) is 11.1 Å². The second-order valence-corrected chi connectivity index (χ2v) is 7.79. The Kier molecular flexibility index (Phi) is 5.92. The van der Waals surface area contributed by atoms with Crippen LogP contribution >= 0.6 is 0 Å². The fourth-order valence-corrected chi connectivity index (χ4v) is 3.69. The van der Waals surface area contributed by atoms with Crippen LogP contribution in [0, 0.1) is 10.1 Å². The third kappa shape index (κ3) is 4.86. The molecular weight excluding hydrogens is 446 g/mol. The number of nitrogens with one attached hydrogen (secondary N) is 1. The molecule has 0 saturated heterocycles. The summed E-state index contributed by atoms with van der Waals surface area (Å²) in [5, 5.41) is 17.7. The lowest BCUT2D eigenvalue weighted by atomic mass is 10.1. The first kappa shape index (κ1) is 21.8. The number of furan rings is 1. The quantitative estimate of drug-likeness (QED) is 0.185. The molecule has 1 amide bonds. The van der Waals surface area contributed by atoms with Crippen molar-refractivity contribution in [2.45, 2.75) is 6.61 Å². The molecule has 1 heterocycles. The maximum absolute atomic E-state index is 12.5. The maximum atomic E-state index is 12.5. The Balaban J connectivity index is 1.22. The number of nitro groups is 1. The van der Waals surface area contributed by atoms with Crippen LogP contribution in [0.15, 0.2) is 101 Å². The van der Waals surface area contributed by atoms with Gasteiger partial charge >= 0.3 is 5.91 Å². The summed E-state index contributed by atoms with van der Waals surface area (Å²) in [5.74, 6) is 0.323. The lowest BCUT2D eigenvalue weighted by molar-refractivity contribution is -0.384. The van der Waals surface area contributed by atoms with Gasteiger partial charge in [0.1, 0.15) is 17.9 Å². The summed E-state index contributed by atoms with van der Waals surface area (Å²) in [7, 11) is 0. The number of nitrogens with zero attached hydrogens (tertiary/aromatic N) is 2. The number of benzene rings is 4. The summed E-state index contributed by atoms with van der Waals surface area (Å²) in [5.41, 5.74) is 4.69. The van der Waals surface area contributed by atoms with Crippen LogP contribution in [-0.4, -0.2) is 17.0 Å². The Morgan fingerprint density at radius 3 is 2.63 bits per heavy atom. The first-order valence-electron chi connectivity index (χ1n) is 10.8. The van der Waals surface area contributed by atoms with Crippen molar-refractivity contribution >= 4 is 39.6 Å². The second-order valence-electron chi connectivity index (χ2n) is 7.79. The van der Waals surface area contributed by atoms with E-state index in [1.54, 1.807) is 36.4 Å². The largest absolute Gasteiger partial charge is 0.489 e. The third-order valence-corrected chi connectivity index (χ3v) is 5.44. The summed E-state index contributed by atoms with van der Waals surface area (Å²) >= 11 is 0. The van der Waals surface area contributed by atoms with Gasteiger partial charge in [0, 0.05) is 17.5 Å². The molecule has 0 aliphatic heterocycles. The van der Waals surface area contributed by atoms with E-state index in [4.69, 9.17) is 9.15 Å². The molecule has 4 aromatic carbocycles. The average molecular weight is 465 g/mol. The fraction of sp³-hybridized carbons (Fsp3) is 0.0370. The molecule has 0 bridgehead atoms. The molecule has 0 saturated carbocycles. The van der Waals surface area contributed by atoms with E-state index < -0.39 is 10.8 Å². The third-order valence-electron chi connectivity index (χ3n) is 5.44. The number of ether oxygens (including phenoxy) is 1. The van der Waals surface area contributed by atoms with E-state index in [-0.39, 0.29) is 18.1 Å². The maximum Gasteiger partial charge on any atom is 0.307 e. The minimum absolute atomic E-state index is 0.0324. The summed E-state index contributed by atoms with van der Waals surface area (Å²) in [6, 6.07) is 26.8. The lowest BCUT2D eigenvalue weighted by Crippen LogP contribution is -2.16. The Morgan fingerprint density at radius 2 is 1.80 bits per heavy atom. The van der Waals surface area contributed by atoms with E-state index in [0.717, 1.165) is 27.3 Å². The number of fused-ring (bicyclic) bond motifs is 3. The standard InChI is InChI=1S/C27H19N3O5/c31-27(26-15-24-23-7-2-1-5-20(23)10-13-25(24)35-26)29-28-16-19-4-3-6-22(14-19)34-17-18-8-11-21(12-9-18)30(32)33/h1-16H,17H2,(H,29,31)/b28-16+. The molecule has 0 aliphatic rings. The van der Waals surface area contributed by atoms with Crippen LogP contribution in [0.2, 0.25) is 0 Å². The van der Waals surface area contributed by atoms with E-state index in [0.29, 0.717) is 11.3 Å². The fourth-order valence-electron chi connectivity index (χ4n) is 3.69. The molecule has 0 atom stereocenters. The van der Waals surface area contributed by atoms with Gasteiger partial charge in [-0.1, -0.05) is 42.5 Å². The zero-order chi connectivity index (χ0) is 24.2. The molecule has 8 heteroatoms. The van der Waals surface area contributed by atoms with Gasteiger partial charge in [-0.3, -0.25) is 14.9 Å². The van der Waals surface area contributed by atoms with Gasteiger partial charge in [-0.15, -0.1) is 0 Å². The molecule has 0 radical (unpaired) electrons. The predicted molar refractivity (Wildman–Crippen MR) is 133 cm³/mol. The van der Waals surface area contributed by atoms with E-state index in [2.05, 4.69) is 10.5 Å². The van der Waals surface area contributed by atoms with Crippen LogP contribution in [0.25, 0.3) is 21.7 Å². The highest BCUT2D eigenvalue weighted by Gasteiger charge is 2.13. The first-order chi connectivity index (χ1) is 17.1. The minimum atomic E-state index is -0.452. The van der Waals surface area contributed by atoms with E-state index in [1.165, 1.54) is 18.3 Å². The second kappa shape index (κ2) is 9.48. The Morgan fingerprint density at radius 1 is 0.971 bits per heavy atom. The van der Waals surface area contributed by atoms with Crippen molar-refractivity contribution in [3.8, 4) is 5.75 Å². The normalized spacial score (nSPS) is 11.2. The number of amides is 1. The van der Waals surface area contributed by atoms with Gasteiger partial charge in [0.15, 0.2) is 5.76 Å². The van der Waals surface area contributed by atoms with Crippen molar-refractivity contribution in [3.63, 3.8) is 0 Å². The summed E-state index contributed by atoms with van der Waals surface area (Å²) < 4.78 is 11.5. The average Bonchev–Trinajstić information content (AvgIpc) is 3.33. The number of hydrazone groups is 1. The van der Waals surface area contributed by atoms with Crippen molar-refractivity contribution in [1.82, 2.24) is 5.43 Å². The van der Waals surface area contributed by atoms with Gasteiger partial charge < -0.3 is 9.15 Å². The zero-order valence-electron chi connectivity index (χ0n) is 18.4. The molecule has 5 aromatic rings. The van der Waals surface area contributed by atoms with Crippen LogP contribution in [0.5, 0.6) is 5.75 Å². The highest BCUT2D eigenvalue weighted by atomic mass is 16.6. The SMILES string of the molecule is O=C(N/N=C/c1cccc(OCc2ccc([N+](=O)[O-])cc2)c1)c1cc2c(ccc3ccccc32)o1. The molecule has 0 aliphatic carbocycles. The van der Waals surface area contributed by atoms with E-state index in [9.17, 15) is 14.9 Å². The van der Waals surface area contributed by atoms with Crippen LogP contribution in [-0.2, 0) is 6.61 Å². The Labute approximate surface area is 199 Å². The summed E-state index contributed by atoms with van der Waals surface area (Å²) in [6.07, 6.45) is 1.51. The van der Waals surface area contributed by atoms with Crippen molar-refractivity contribution in [1.29, 1.82) is 0 Å². The summed E-state index contributed by atoms with van der Waals surface area (Å²) in [4.78, 5) is 22.9. The number of nitro benzene ring substituents is 1. The van der Waals surface area contributed by atoms with Crippen LogP contribution in [0.3, 0.4) is 0 Å². The number of rotatable bonds is 7. The predicted octanol–water partition coefficient (Wildman–Crippen LogP) is 5.84. The molecule has 0 spiro atoms. The highest BCUT2D eigenvalue weighted by molar-refractivity contribution is 6.08.